The fourth-order valence-corrected chi connectivity index (χ4v) is 2.76. The van der Waals surface area contributed by atoms with Gasteiger partial charge in [0.1, 0.15) is 5.82 Å². The van der Waals surface area contributed by atoms with E-state index in [1.54, 1.807) is 11.0 Å². The molecule has 1 saturated heterocycles. The van der Waals surface area contributed by atoms with Gasteiger partial charge >= 0.3 is 0 Å². The predicted octanol–water partition coefficient (Wildman–Crippen LogP) is 3.57. The molecule has 1 aliphatic heterocycles. The standard InChI is InChI=1S/C13H14Cl2FNO/c14-6-4-9-5-7-17(8-9)13(18)10-2-1-3-11(16)12(10)15/h1-3,9H,4-8H2. The Bertz CT molecular complexity index is 453. The Kier molecular flexibility index (Phi) is 4.46. The molecule has 0 aliphatic carbocycles. The highest BCUT2D eigenvalue weighted by Crippen LogP contribution is 2.25. The van der Waals surface area contributed by atoms with E-state index in [9.17, 15) is 9.18 Å². The van der Waals surface area contributed by atoms with Crippen LogP contribution in [0.4, 0.5) is 4.39 Å². The molecule has 1 amide bonds. The fraction of sp³-hybridized carbons (Fsp3) is 0.462. The molecule has 0 saturated carbocycles. The molecule has 5 heteroatoms. The van der Waals surface area contributed by atoms with Crippen LogP contribution in [0.2, 0.25) is 5.02 Å². The van der Waals surface area contributed by atoms with E-state index >= 15 is 0 Å². The van der Waals surface area contributed by atoms with E-state index in [0.29, 0.717) is 24.9 Å². The Balaban J connectivity index is 2.11. The van der Waals surface area contributed by atoms with Gasteiger partial charge in [-0.2, -0.15) is 0 Å². The summed E-state index contributed by atoms with van der Waals surface area (Å²) >= 11 is 11.5. The maximum Gasteiger partial charge on any atom is 0.255 e. The molecule has 2 rings (SSSR count). The van der Waals surface area contributed by atoms with E-state index in [0.717, 1.165) is 12.8 Å². The highest BCUT2D eigenvalue weighted by Gasteiger charge is 2.27. The molecule has 0 radical (unpaired) electrons. The number of alkyl halides is 1. The maximum atomic E-state index is 13.3. The number of carbonyl (C=O) groups is 1. The summed E-state index contributed by atoms with van der Waals surface area (Å²) in [6.07, 6.45) is 1.85. The summed E-state index contributed by atoms with van der Waals surface area (Å²) in [6.45, 7) is 1.37. The Labute approximate surface area is 116 Å². The van der Waals surface area contributed by atoms with Crippen LogP contribution in [-0.2, 0) is 0 Å². The normalized spacial score (nSPS) is 19.3. The van der Waals surface area contributed by atoms with Crippen molar-refractivity contribution in [2.75, 3.05) is 19.0 Å². The zero-order valence-electron chi connectivity index (χ0n) is 9.83. The van der Waals surface area contributed by atoms with Crippen LogP contribution < -0.4 is 0 Å². The van der Waals surface area contributed by atoms with Crippen LogP contribution >= 0.6 is 23.2 Å². The lowest BCUT2D eigenvalue weighted by Crippen LogP contribution is -2.29. The smallest absolute Gasteiger partial charge is 0.255 e. The molecule has 2 nitrogen and oxygen atoms in total. The number of likely N-dealkylation sites (tertiary alicyclic amines) is 1. The first kappa shape index (κ1) is 13.6. The van der Waals surface area contributed by atoms with Crippen molar-refractivity contribution in [3.8, 4) is 0 Å². The minimum absolute atomic E-state index is 0.0942. The van der Waals surface area contributed by atoms with Gasteiger partial charge in [-0.3, -0.25) is 4.79 Å². The number of nitrogens with zero attached hydrogens (tertiary/aromatic N) is 1. The Hall–Kier alpha value is -0.800. The molecule has 1 atom stereocenters. The number of amides is 1. The molecule has 1 fully saturated rings. The molecule has 0 N–H and O–H groups in total. The van der Waals surface area contributed by atoms with Crippen LogP contribution in [0.1, 0.15) is 23.2 Å². The van der Waals surface area contributed by atoms with E-state index < -0.39 is 5.82 Å². The third kappa shape index (κ3) is 2.78. The molecule has 1 unspecified atom stereocenters. The summed E-state index contributed by atoms with van der Waals surface area (Å²) in [7, 11) is 0. The van der Waals surface area contributed by atoms with Crippen molar-refractivity contribution in [1.29, 1.82) is 0 Å². The van der Waals surface area contributed by atoms with Crippen molar-refractivity contribution in [1.82, 2.24) is 4.90 Å². The summed E-state index contributed by atoms with van der Waals surface area (Å²) < 4.78 is 13.3. The van der Waals surface area contributed by atoms with Gasteiger partial charge in [-0.25, -0.2) is 4.39 Å². The van der Waals surface area contributed by atoms with Crippen molar-refractivity contribution in [2.45, 2.75) is 12.8 Å². The Morgan fingerprint density at radius 1 is 1.50 bits per heavy atom. The van der Waals surface area contributed by atoms with Crippen LogP contribution in [0.25, 0.3) is 0 Å². The lowest BCUT2D eigenvalue weighted by atomic mass is 10.1. The van der Waals surface area contributed by atoms with Gasteiger partial charge in [-0.1, -0.05) is 17.7 Å². The average Bonchev–Trinajstić information content (AvgIpc) is 2.81. The summed E-state index contributed by atoms with van der Waals surface area (Å²) in [5, 5.41) is -0.0942. The summed E-state index contributed by atoms with van der Waals surface area (Å²) in [5.41, 5.74) is 0.239. The van der Waals surface area contributed by atoms with Gasteiger partial charge in [0, 0.05) is 19.0 Å². The van der Waals surface area contributed by atoms with Gasteiger partial charge in [0.15, 0.2) is 0 Å². The van der Waals surface area contributed by atoms with Gasteiger partial charge in [0.2, 0.25) is 0 Å². The molecule has 18 heavy (non-hydrogen) atoms. The molecule has 1 aromatic carbocycles. The number of halogens is 3. The largest absolute Gasteiger partial charge is 0.338 e. The average molecular weight is 290 g/mol. The van der Waals surface area contributed by atoms with Crippen LogP contribution in [0, 0.1) is 11.7 Å². The van der Waals surface area contributed by atoms with E-state index in [1.165, 1.54) is 12.1 Å². The maximum absolute atomic E-state index is 13.3. The van der Waals surface area contributed by atoms with Gasteiger partial charge in [-0.15, -0.1) is 11.6 Å². The third-order valence-electron chi connectivity index (χ3n) is 3.27. The molecular weight excluding hydrogens is 276 g/mol. The minimum Gasteiger partial charge on any atom is -0.338 e. The van der Waals surface area contributed by atoms with Gasteiger partial charge in [-0.05, 0) is 30.9 Å². The number of benzene rings is 1. The van der Waals surface area contributed by atoms with Crippen molar-refractivity contribution < 1.29 is 9.18 Å². The molecule has 1 aromatic rings. The molecule has 0 spiro atoms. The Morgan fingerprint density at radius 3 is 3.00 bits per heavy atom. The van der Waals surface area contributed by atoms with Crippen LogP contribution in [-0.4, -0.2) is 29.8 Å². The summed E-state index contributed by atoms with van der Waals surface area (Å²) in [6, 6.07) is 4.31. The summed E-state index contributed by atoms with van der Waals surface area (Å²) in [4.78, 5) is 13.9. The molecular formula is C13H14Cl2FNO. The van der Waals surface area contributed by atoms with Crippen molar-refractivity contribution in [2.24, 2.45) is 5.92 Å². The zero-order chi connectivity index (χ0) is 13.1. The SMILES string of the molecule is O=C(c1cccc(F)c1Cl)N1CCC(CCCl)C1. The topological polar surface area (TPSA) is 20.3 Å². The molecule has 0 aromatic heterocycles. The van der Waals surface area contributed by atoms with E-state index in [-0.39, 0.29) is 16.5 Å². The quantitative estimate of drug-likeness (QED) is 0.779. The zero-order valence-corrected chi connectivity index (χ0v) is 11.3. The first-order valence-corrected chi connectivity index (χ1v) is 6.84. The highest BCUT2D eigenvalue weighted by atomic mass is 35.5. The minimum atomic E-state index is -0.556. The van der Waals surface area contributed by atoms with Crippen LogP contribution in [0.5, 0.6) is 0 Å². The number of carbonyl (C=O) groups excluding carboxylic acids is 1. The van der Waals surface area contributed by atoms with Gasteiger partial charge in [0.25, 0.3) is 5.91 Å². The van der Waals surface area contributed by atoms with E-state index in [4.69, 9.17) is 23.2 Å². The lowest BCUT2D eigenvalue weighted by molar-refractivity contribution is 0.0786. The second-order valence-electron chi connectivity index (χ2n) is 4.48. The molecule has 1 aliphatic rings. The van der Waals surface area contributed by atoms with E-state index in [2.05, 4.69) is 0 Å². The first-order chi connectivity index (χ1) is 8.63. The monoisotopic (exact) mass is 289 g/mol. The number of rotatable bonds is 3. The summed E-state index contributed by atoms with van der Waals surface area (Å²) in [5.74, 6) is 0.294. The second kappa shape index (κ2) is 5.89. The molecule has 98 valence electrons. The molecule has 1 heterocycles. The number of hydrogen-bond acceptors (Lipinski definition) is 1. The van der Waals surface area contributed by atoms with Gasteiger partial charge in [0.05, 0.1) is 10.6 Å². The van der Waals surface area contributed by atoms with Crippen molar-refractivity contribution >= 4 is 29.1 Å². The second-order valence-corrected chi connectivity index (χ2v) is 5.24. The third-order valence-corrected chi connectivity index (χ3v) is 3.87. The van der Waals surface area contributed by atoms with Crippen molar-refractivity contribution in [3.05, 3.63) is 34.6 Å². The highest BCUT2D eigenvalue weighted by molar-refractivity contribution is 6.34. The lowest BCUT2D eigenvalue weighted by Gasteiger charge is -2.17. The van der Waals surface area contributed by atoms with Crippen LogP contribution in [0.15, 0.2) is 18.2 Å². The number of hydrogen-bond donors (Lipinski definition) is 0. The van der Waals surface area contributed by atoms with Gasteiger partial charge < -0.3 is 4.90 Å². The van der Waals surface area contributed by atoms with Crippen molar-refractivity contribution in [3.63, 3.8) is 0 Å². The van der Waals surface area contributed by atoms with Crippen LogP contribution in [0.3, 0.4) is 0 Å². The van der Waals surface area contributed by atoms with E-state index in [1.807, 2.05) is 0 Å². The fourth-order valence-electron chi connectivity index (χ4n) is 2.25. The molecule has 0 bridgehead atoms. The Morgan fingerprint density at radius 2 is 2.28 bits per heavy atom. The predicted molar refractivity (Wildman–Crippen MR) is 70.8 cm³/mol. The first-order valence-electron chi connectivity index (χ1n) is 5.92.